The minimum absolute atomic E-state index is 0.0753. The van der Waals surface area contributed by atoms with Gasteiger partial charge >= 0.3 is 0 Å². The molecule has 0 radical (unpaired) electrons. The molecule has 0 saturated carbocycles. The number of carbonyl (C=O) groups excluding carboxylic acids is 2. The molecule has 1 N–H and O–H groups in total. The number of aldehydes is 1. The molecule has 0 aliphatic rings. The summed E-state index contributed by atoms with van der Waals surface area (Å²) in [6.07, 6.45) is 3.35. The zero-order valence-corrected chi connectivity index (χ0v) is 12.3. The van der Waals surface area contributed by atoms with Crippen LogP contribution in [0, 0.1) is 0 Å². The summed E-state index contributed by atoms with van der Waals surface area (Å²) in [4.78, 5) is 23.0. The highest BCUT2D eigenvalue weighted by atomic mass is 35.5. The number of benzene rings is 1. The maximum absolute atomic E-state index is 12.0. The predicted molar refractivity (Wildman–Crippen MR) is 80.2 cm³/mol. The van der Waals surface area contributed by atoms with Crippen LogP contribution in [0.3, 0.4) is 0 Å². The van der Waals surface area contributed by atoms with Crippen molar-refractivity contribution in [3.63, 3.8) is 0 Å². The highest BCUT2D eigenvalue weighted by molar-refractivity contribution is 6.31. The van der Waals surface area contributed by atoms with Crippen LogP contribution in [0.4, 0.5) is 0 Å². The van der Waals surface area contributed by atoms with Gasteiger partial charge in [0.15, 0.2) is 6.29 Å². The summed E-state index contributed by atoms with van der Waals surface area (Å²) in [5.74, 6) is -0.0753. The van der Waals surface area contributed by atoms with Crippen LogP contribution in [0.5, 0.6) is 0 Å². The van der Waals surface area contributed by atoms with Gasteiger partial charge in [-0.1, -0.05) is 24.6 Å². The van der Waals surface area contributed by atoms with Crippen LogP contribution in [0.15, 0.2) is 24.4 Å². The summed E-state index contributed by atoms with van der Waals surface area (Å²) >= 11 is 5.98. The molecule has 1 heterocycles. The average molecular weight is 293 g/mol. The van der Waals surface area contributed by atoms with Crippen molar-refractivity contribution >= 4 is 34.7 Å². The summed E-state index contributed by atoms with van der Waals surface area (Å²) in [6, 6.07) is 5.43. The Labute approximate surface area is 122 Å². The van der Waals surface area contributed by atoms with E-state index in [4.69, 9.17) is 11.6 Å². The van der Waals surface area contributed by atoms with E-state index in [2.05, 4.69) is 5.32 Å². The molecule has 0 saturated heterocycles. The molecule has 5 heteroatoms. The molecular weight excluding hydrogens is 276 g/mol. The second-order valence-electron chi connectivity index (χ2n) is 4.87. The van der Waals surface area contributed by atoms with Crippen molar-refractivity contribution in [1.29, 1.82) is 0 Å². The van der Waals surface area contributed by atoms with Crippen LogP contribution in [-0.4, -0.2) is 22.8 Å². The number of nitrogens with zero attached hydrogens (tertiary/aromatic N) is 1. The van der Waals surface area contributed by atoms with Crippen LogP contribution < -0.4 is 5.32 Å². The molecule has 106 valence electrons. The number of nitrogens with one attached hydrogen (secondary N) is 1. The van der Waals surface area contributed by atoms with Crippen molar-refractivity contribution < 1.29 is 9.59 Å². The molecule has 1 unspecified atom stereocenters. The van der Waals surface area contributed by atoms with E-state index in [9.17, 15) is 9.59 Å². The Morgan fingerprint density at radius 2 is 2.25 bits per heavy atom. The van der Waals surface area contributed by atoms with Gasteiger partial charge < -0.3 is 9.88 Å². The Morgan fingerprint density at radius 3 is 2.90 bits per heavy atom. The summed E-state index contributed by atoms with van der Waals surface area (Å²) in [5, 5.41) is 4.29. The van der Waals surface area contributed by atoms with Crippen LogP contribution in [0.2, 0.25) is 5.02 Å². The molecule has 0 fully saturated rings. The Bertz CT molecular complexity index is 649. The van der Waals surface area contributed by atoms with Gasteiger partial charge in [0, 0.05) is 28.2 Å². The lowest BCUT2D eigenvalue weighted by Gasteiger charge is -2.12. The summed E-state index contributed by atoms with van der Waals surface area (Å²) in [6.45, 7) is 4.15. The third-order valence-electron chi connectivity index (χ3n) is 3.34. The van der Waals surface area contributed by atoms with Crippen molar-refractivity contribution in [2.75, 3.05) is 0 Å². The number of rotatable bonds is 5. The fraction of sp³-hybridized carbons (Fsp3) is 0.333. The van der Waals surface area contributed by atoms with Crippen LogP contribution in [0.25, 0.3) is 10.9 Å². The molecule has 1 atom stereocenters. The number of hydrogen-bond acceptors (Lipinski definition) is 2. The maximum atomic E-state index is 12.0. The molecule has 0 bridgehead atoms. The molecule has 0 aliphatic heterocycles. The van der Waals surface area contributed by atoms with Gasteiger partial charge in [-0.15, -0.1) is 0 Å². The first-order valence-corrected chi connectivity index (χ1v) is 6.96. The lowest BCUT2D eigenvalue weighted by Crippen LogP contribution is -2.34. The molecule has 0 aliphatic carbocycles. The molecule has 2 aromatic rings. The molecule has 2 rings (SSSR count). The van der Waals surface area contributed by atoms with Gasteiger partial charge in [0.1, 0.15) is 6.54 Å². The Hall–Kier alpha value is -1.81. The Morgan fingerprint density at radius 1 is 1.50 bits per heavy atom. The maximum Gasteiger partial charge on any atom is 0.240 e. The first-order chi connectivity index (χ1) is 9.55. The van der Waals surface area contributed by atoms with Crippen molar-refractivity contribution in [1.82, 2.24) is 9.88 Å². The summed E-state index contributed by atoms with van der Waals surface area (Å²) < 4.78 is 1.75. The van der Waals surface area contributed by atoms with Crippen molar-refractivity contribution in [2.24, 2.45) is 0 Å². The highest BCUT2D eigenvalue weighted by Crippen LogP contribution is 2.23. The van der Waals surface area contributed by atoms with E-state index in [-0.39, 0.29) is 18.5 Å². The average Bonchev–Trinajstić information content (AvgIpc) is 2.75. The first-order valence-electron chi connectivity index (χ1n) is 6.58. The van der Waals surface area contributed by atoms with E-state index in [0.717, 1.165) is 23.6 Å². The van der Waals surface area contributed by atoms with Gasteiger partial charge in [-0.3, -0.25) is 9.59 Å². The fourth-order valence-corrected chi connectivity index (χ4v) is 2.26. The van der Waals surface area contributed by atoms with E-state index >= 15 is 0 Å². The van der Waals surface area contributed by atoms with E-state index < -0.39 is 0 Å². The van der Waals surface area contributed by atoms with E-state index in [1.54, 1.807) is 29.0 Å². The molecule has 4 nitrogen and oxygen atoms in total. The number of carbonyl (C=O) groups is 2. The molecule has 20 heavy (non-hydrogen) atoms. The summed E-state index contributed by atoms with van der Waals surface area (Å²) in [5.41, 5.74) is 1.35. The van der Waals surface area contributed by atoms with Crippen molar-refractivity contribution in [3.8, 4) is 0 Å². The second-order valence-corrected chi connectivity index (χ2v) is 5.30. The molecule has 1 aromatic heterocycles. The SMILES string of the molecule is CCC(C)NC(=O)Cn1cc(C=O)c2ccc(Cl)cc21. The van der Waals surface area contributed by atoms with Crippen LogP contribution in [-0.2, 0) is 11.3 Å². The normalized spacial score (nSPS) is 12.3. The molecule has 1 aromatic carbocycles. The quantitative estimate of drug-likeness (QED) is 0.861. The second kappa shape index (κ2) is 6.09. The Kier molecular flexibility index (Phi) is 4.45. The predicted octanol–water partition coefficient (Wildman–Crippen LogP) is 3.02. The largest absolute Gasteiger partial charge is 0.352 e. The van der Waals surface area contributed by atoms with Gasteiger partial charge in [0.2, 0.25) is 5.91 Å². The minimum Gasteiger partial charge on any atom is -0.352 e. The smallest absolute Gasteiger partial charge is 0.240 e. The third kappa shape index (κ3) is 3.02. The number of halogens is 1. The zero-order chi connectivity index (χ0) is 14.7. The van der Waals surface area contributed by atoms with Gasteiger partial charge in [-0.2, -0.15) is 0 Å². The Balaban J connectivity index is 2.32. The number of aromatic nitrogens is 1. The van der Waals surface area contributed by atoms with Gasteiger partial charge in [-0.05, 0) is 25.5 Å². The third-order valence-corrected chi connectivity index (χ3v) is 3.57. The molecular formula is C15H17ClN2O2. The fourth-order valence-electron chi connectivity index (χ4n) is 2.10. The number of amides is 1. The topological polar surface area (TPSA) is 51.1 Å². The van der Waals surface area contributed by atoms with Crippen molar-refractivity contribution in [2.45, 2.75) is 32.9 Å². The minimum atomic E-state index is -0.0753. The summed E-state index contributed by atoms with van der Waals surface area (Å²) in [7, 11) is 0. The molecule has 0 spiro atoms. The van der Waals surface area contributed by atoms with E-state index in [0.29, 0.717) is 10.6 Å². The number of hydrogen-bond donors (Lipinski definition) is 1. The van der Waals surface area contributed by atoms with Crippen molar-refractivity contribution in [3.05, 3.63) is 35.0 Å². The lowest BCUT2D eigenvalue weighted by molar-refractivity contribution is -0.122. The van der Waals surface area contributed by atoms with Gasteiger partial charge in [-0.25, -0.2) is 0 Å². The standard InChI is InChI=1S/C15H17ClN2O2/c1-3-10(2)17-15(20)8-18-7-11(9-19)13-5-4-12(16)6-14(13)18/h4-7,9-10H,3,8H2,1-2H3,(H,17,20). The zero-order valence-electron chi connectivity index (χ0n) is 11.5. The molecule has 1 amide bonds. The first kappa shape index (κ1) is 14.6. The monoisotopic (exact) mass is 292 g/mol. The van der Waals surface area contributed by atoms with Gasteiger partial charge in [0.25, 0.3) is 0 Å². The highest BCUT2D eigenvalue weighted by Gasteiger charge is 2.12. The van der Waals surface area contributed by atoms with E-state index in [1.807, 2.05) is 13.8 Å². The van der Waals surface area contributed by atoms with E-state index in [1.165, 1.54) is 0 Å². The lowest BCUT2D eigenvalue weighted by atomic mass is 10.2. The van der Waals surface area contributed by atoms with Gasteiger partial charge in [0.05, 0.1) is 5.52 Å². The van der Waals surface area contributed by atoms with Crippen LogP contribution in [0.1, 0.15) is 30.6 Å². The number of fused-ring (bicyclic) bond motifs is 1. The van der Waals surface area contributed by atoms with Crippen LogP contribution >= 0.6 is 11.6 Å².